The van der Waals surface area contributed by atoms with E-state index in [1.807, 2.05) is 6.07 Å². The number of likely N-dealkylation sites (tertiary alicyclic amines) is 1. The van der Waals surface area contributed by atoms with Crippen molar-refractivity contribution in [1.82, 2.24) is 14.9 Å². The van der Waals surface area contributed by atoms with Crippen LogP contribution in [0.5, 0.6) is 5.75 Å². The molecule has 0 saturated carbocycles. The molecule has 1 amide bonds. The normalized spacial score (nSPS) is 16.7. The van der Waals surface area contributed by atoms with Crippen LogP contribution < -0.4 is 4.74 Å². The second-order valence-electron chi connectivity index (χ2n) is 5.92. The maximum absolute atomic E-state index is 13.6. The Hall–Kier alpha value is -2.50. The third-order valence-corrected chi connectivity index (χ3v) is 4.32. The van der Waals surface area contributed by atoms with Gasteiger partial charge in [0.05, 0.1) is 0 Å². The molecule has 126 valence electrons. The maximum Gasteiger partial charge on any atom is 0.263 e. The third kappa shape index (κ3) is 3.69. The number of hydrogen-bond donors (Lipinski definition) is 0. The Kier molecular flexibility index (Phi) is 5.03. The van der Waals surface area contributed by atoms with E-state index in [1.54, 1.807) is 36.5 Å². The Labute approximate surface area is 140 Å². The lowest BCUT2D eigenvalue weighted by molar-refractivity contribution is -0.139. The number of para-hydroxylation sites is 1. The van der Waals surface area contributed by atoms with Crippen LogP contribution in [0.4, 0.5) is 4.39 Å². The minimum atomic E-state index is -0.711. The van der Waals surface area contributed by atoms with Crippen molar-refractivity contribution in [3.63, 3.8) is 0 Å². The molecular formula is C18H20FN3O2. The molecule has 0 aliphatic carbocycles. The minimum Gasteiger partial charge on any atom is -0.478 e. The molecule has 6 heteroatoms. The van der Waals surface area contributed by atoms with Gasteiger partial charge < -0.3 is 9.64 Å². The summed E-state index contributed by atoms with van der Waals surface area (Å²) in [6.45, 7) is 2.96. The molecular weight excluding hydrogens is 309 g/mol. The van der Waals surface area contributed by atoms with Gasteiger partial charge in [-0.15, -0.1) is 0 Å². The van der Waals surface area contributed by atoms with Gasteiger partial charge in [0.2, 0.25) is 0 Å². The number of piperidine rings is 1. The minimum absolute atomic E-state index is 0.106. The number of nitrogens with zero attached hydrogens (tertiary/aromatic N) is 3. The van der Waals surface area contributed by atoms with Crippen molar-refractivity contribution < 1.29 is 13.9 Å². The molecule has 1 aliphatic heterocycles. The highest BCUT2D eigenvalue weighted by Crippen LogP contribution is 2.27. The average Bonchev–Trinajstić information content (AvgIpc) is 2.64. The third-order valence-electron chi connectivity index (χ3n) is 4.32. The highest BCUT2D eigenvalue weighted by molar-refractivity contribution is 5.81. The first-order chi connectivity index (χ1) is 11.6. The van der Waals surface area contributed by atoms with E-state index in [0.717, 1.165) is 18.5 Å². The second-order valence-corrected chi connectivity index (χ2v) is 5.92. The van der Waals surface area contributed by atoms with Gasteiger partial charge in [-0.25, -0.2) is 14.4 Å². The van der Waals surface area contributed by atoms with Crippen molar-refractivity contribution in [3.8, 4) is 5.75 Å². The summed E-state index contributed by atoms with van der Waals surface area (Å²) >= 11 is 0. The van der Waals surface area contributed by atoms with Gasteiger partial charge in [-0.05, 0) is 38.0 Å². The molecule has 1 saturated heterocycles. The van der Waals surface area contributed by atoms with E-state index in [-0.39, 0.29) is 11.7 Å². The number of hydrogen-bond acceptors (Lipinski definition) is 4. The zero-order valence-electron chi connectivity index (χ0n) is 13.6. The van der Waals surface area contributed by atoms with Crippen LogP contribution in [0.3, 0.4) is 0 Å². The smallest absolute Gasteiger partial charge is 0.263 e. The van der Waals surface area contributed by atoms with Crippen LogP contribution in [0, 0.1) is 5.82 Å². The van der Waals surface area contributed by atoms with Crippen LogP contribution in [-0.4, -0.2) is 40.0 Å². The highest BCUT2D eigenvalue weighted by Gasteiger charge is 2.28. The zero-order chi connectivity index (χ0) is 16.9. The van der Waals surface area contributed by atoms with Gasteiger partial charge in [-0.2, -0.15) is 0 Å². The van der Waals surface area contributed by atoms with Crippen molar-refractivity contribution in [2.24, 2.45) is 0 Å². The predicted molar refractivity (Wildman–Crippen MR) is 87.1 cm³/mol. The van der Waals surface area contributed by atoms with Crippen molar-refractivity contribution in [2.45, 2.75) is 31.8 Å². The van der Waals surface area contributed by atoms with E-state index in [1.165, 1.54) is 12.1 Å². The number of benzene rings is 1. The van der Waals surface area contributed by atoms with Gasteiger partial charge in [0.25, 0.3) is 5.91 Å². The molecule has 2 aromatic rings. The SMILES string of the molecule is CC(Oc1ccccc1F)C(=O)N1CCC(c2ccncn2)CC1. The Morgan fingerprint density at radius 2 is 2.04 bits per heavy atom. The van der Waals surface area contributed by atoms with Gasteiger partial charge in [0, 0.05) is 30.9 Å². The lowest BCUT2D eigenvalue weighted by Gasteiger charge is -2.33. The summed E-state index contributed by atoms with van der Waals surface area (Å²) in [5.41, 5.74) is 1.02. The zero-order valence-corrected chi connectivity index (χ0v) is 13.6. The number of aromatic nitrogens is 2. The number of amides is 1. The lowest BCUT2D eigenvalue weighted by atomic mass is 9.93. The van der Waals surface area contributed by atoms with Crippen LogP contribution in [0.25, 0.3) is 0 Å². The fourth-order valence-corrected chi connectivity index (χ4v) is 2.98. The molecule has 0 bridgehead atoms. The molecule has 5 nitrogen and oxygen atoms in total. The number of carbonyl (C=O) groups is 1. The number of carbonyl (C=O) groups excluding carboxylic acids is 1. The van der Waals surface area contributed by atoms with E-state index in [4.69, 9.17) is 4.74 Å². The molecule has 0 radical (unpaired) electrons. The molecule has 3 rings (SSSR count). The van der Waals surface area contributed by atoms with E-state index in [0.29, 0.717) is 19.0 Å². The summed E-state index contributed by atoms with van der Waals surface area (Å²) in [5.74, 6) is -0.118. The van der Waals surface area contributed by atoms with Gasteiger partial charge in [0.15, 0.2) is 17.7 Å². The first kappa shape index (κ1) is 16.4. The summed E-state index contributed by atoms with van der Waals surface area (Å²) in [6, 6.07) is 8.04. The molecule has 0 N–H and O–H groups in total. The first-order valence-electron chi connectivity index (χ1n) is 8.11. The summed E-state index contributed by atoms with van der Waals surface area (Å²) in [7, 11) is 0. The lowest BCUT2D eigenvalue weighted by Crippen LogP contribution is -2.44. The monoisotopic (exact) mass is 329 g/mol. The molecule has 1 unspecified atom stereocenters. The average molecular weight is 329 g/mol. The second kappa shape index (κ2) is 7.38. The number of ether oxygens (including phenoxy) is 1. The van der Waals surface area contributed by atoms with Gasteiger partial charge in [0.1, 0.15) is 6.33 Å². The van der Waals surface area contributed by atoms with E-state index in [9.17, 15) is 9.18 Å². The van der Waals surface area contributed by atoms with Crippen LogP contribution >= 0.6 is 0 Å². The quantitative estimate of drug-likeness (QED) is 0.865. The van der Waals surface area contributed by atoms with Crippen LogP contribution in [0.1, 0.15) is 31.4 Å². The van der Waals surface area contributed by atoms with Gasteiger partial charge >= 0.3 is 0 Å². The first-order valence-corrected chi connectivity index (χ1v) is 8.11. The van der Waals surface area contributed by atoms with Gasteiger partial charge in [-0.1, -0.05) is 12.1 Å². The molecule has 1 aromatic carbocycles. The maximum atomic E-state index is 13.6. The standard InChI is InChI=1S/C18H20FN3O2/c1-13(24-17-5-3-2-4-15(17)19)18(23)22-10-7-14(8-11-22)16-6-9-20-12-21-16/h2-6,9,12-14H,7-8,10-11H2,1H3. The van der Waals surface area contributed by atoms with Crippen LogP contribution in [0.15, 0.2) is 42.9 Å². The van der Waals surface area contributed by atoms with Crippen LogP contribution in [-0.2, 0) is 4.79 Å². The molecule has 0 spiro atoms. The summed E-state index contributed by atoms with van der Waals surface area (Å²) in [4.78, 5) is 22.5. The Morgan fingerprint density at radius 1 is 1.29 bits per heavy atom. The topological polar surface area (TPSA) is 55.3 Å². The van der Waals surface area contributed by atoms with Crippen molar-refractivity contribution in [2.75, 3.05) is 13.1 Å². The van der Waals surface area contributed by atoms with E-state index < -0.39 is 11.9 Å². The Balaban J connectivity index is 1.56. The highest BCUT2D eigenvalue weighted by atomic mass is 19.1. The fraction of sp³-hybridized carbons (Fsp3) is 0.389. The molecule has 1 atom stereocenters. The summed E-state index contributed by atoms with van der Waals surface area (Å²) in [6.07, 6.45) is 4.30. The van der Waals surface area contributed by atoms with E-state index in [2.05, 4.69) is 9.97 Å². The van der Waals surface area contributed by atoms with Crippen molar-refractivity contribution >= 4 is 5.91 Å². The largest absolute Gasteiger partial charge is 0.478 e. The molecule has 1 fully saturated rings. The summed E-state index contributed by atoms with van der Waals surface area (Å²) < 4.78 is 19.1. The molecule has 1 aliphatic rings. The number of rotatable bonds is 4. The molecule has 1 aromatic heterocycles. The van der Waals surface area contributed by atoms with Crippen molar-refractivity contribution in [3.05, 3.63) is 54.4 Å². The molecule has 2 heterocycles. The van der Waals surface area contributed by atoms with E-state index >= 15 is 0 Å². The Morgan fingerprint density at radius 3 is 2.71 bits per heavy atom. The predicted octanol–water partition coefficient (Wildman–Crippen LogP) is 2.79. The number of halogens is 1. The van der Waals surface area contributed by atoms with Crippen LogP contribution in [0.2, 0.25) is 0 Å². The summed E-state index contributed by atoms with van der Waals surface area (Å²) in [5, 5.41) is 0. The molecule has 24 heavy (non-hydrogen) atoms. The fourth-order valence-electron chi connectivity index (χ4n) is 2.98. The van der Waals surface area contributed by atoms with Crippen molar-refractivity contribution in [1.29, 1.82) is 0 Å². The Bertz CT molecular complexity index is 688. The van der Waals surface area contributed by atoms with Gasteiger partial charge in [-0.3, -0.25) is 4.79 Å².